The van der Waals surface area contributed by atoms with Crippen molar-refractivity contribution in [1.29, 1.82) is 0 Å². The zero-order valence-electron chi connectivity index (χ0n) is 16.4. The van der Waals surface area contributed by atoms with E-state index in [9.17, 15) is 4.79 Å². The minimum atomic E-state index is -0.0125. The summed E-state index contributed by atoms with van der Waals surface area (Å²) >= 11 is 0. The van der Waals surface area contributed by atoms with Crippen LogP contribution in [0.15, 0.2) is 59.8 Å². The molecule has 3 aromatic heterocycles. The van der Waals surface area contributed by atoms with Crippen LogP contribution in [0.4, 0.5) is 0 Å². The highest BCUT2D eigenvalue weighted by Gasteiger charge is 2.25. The van der Waals surface area contributed by atoms with Gasteiger partial charge in [0, 0.05) is 35.6 Å². The van der Waals surface area contributed by atoms with E-state index in [1.165, 1.54) is 0 Å². The molecule has 1 aliphatic carbocycles. The maximum absolute atomic E-state index is 12.5. The number of carbonyl (C=O) groups excluding carboxylic acids is 1. The van der Waals surface area contributed by atoms with Crippen molar-refractivity contribution in [3.63, 3.8) is 0 Å². The van der Waals surface area contributed by atoms with Crippen LogP contribution in [-0.2, 0) is 11.2 Å². The van der Waals surface area contributed by atoms with E-state index in [-0.39, 0.29) is 18.4 Å². The first-order valence-electron chi connectivity index (χ1n) is 10.2. The van der Waals surface area contributed by atoms with Crippen molar-refractivity contribution in [1.82, 2.24) is 30.2 Å². The van der Waals surface area contributed by atoms with Crippen LogP contribution in [0.25, 0.3) is 22.2 Å². The lowest BCUT2D eigenvalue weighted by molar-refractivity contribution is -0.121. The quantitative estimate of drug-likeness (QED) is 0.550. The molecule has 0 saturated heterocycles. The Kier molecular flexibility index (Phi) is 4.96. The second-order valence-corrected chi connectivity index (χ2v) is 7.67. The molecule has 8 heteroatoms. The highest BCUT2D eigenvalue weighted by Crippen LogP contribution is 2.29. The van der Waals surface area contributed by atoms with Gasteiger partial charge in [0.25, 0.3) is 0 Å². The van der Waals surface area contributed by atoms with Crippen molar-refractivity contribution in [2.45, 2.75) is 44.2 Å². The summed E-state index contributed by atoms with van der Waals surface area (Å²) in [5.41, 5.74) is 3.19. The zero-order valence-corrected chi connectivity index (χ0v) is 16.4. The molecule has 0 unspecified atom stereocenters. The first kappa shape index (κ1) is 18.5. The number of nitrogens with one attached hydrogen (secondary N) is 1. The zero-order chi connectivity index (χ0) is 20.3. The molecule has 0 atom stereocenters. The number of fused-ring (bicyclic) bond motifs is 1. The van der Waals surface area contributed by atoms with Gasteiger partial charge >= 0.3 is 0 Å². The Hall–Kier alpha value is -3.55. The molecule has 5 rings (SSSR count). The van der Waals surface area contributed by atoms with E-state index in [0.717, 1.165) is 42.3 Å². The lowest BCUT2D eigenvalue weighted by Gasteiger charge is -2.29. The van der Waals surface area contributed by atoms with E-state index in [0.29, 0.717) is 17.3 Å². The predicted octanol–water partition coefficient (Wildman–Crippen LogP) is 3.32. The lowest BCUT2D eigenvalue weighted by atomic mass is 9.91. The molecule has 1 N–H and O–H groups in total. The van der Waals surface area contributed by atoms with Crippen LogP contribution < -0.4 is 5.32 Å². The minimum Gasteiger partial charge on any atom is -0.356 e. The first-order chi connectivity index (χ1) is 14.8. The number of amides is 1. The van der Waals surface area contributed by atoms with Gasteiger partial charge in [0.15, 0.2) is 5.58 Å². The van der Waals surface area contributed by atoms with Crippen LogP contribution in [0.2, 0.25) is 0 Å². The lowest BCUT2D eigenvalue weighted by Crippen LogP contribution is -2.38. The molecule has 0 radical (unpaired) electrons. The molecule has 1 aliphatic rings. The first-order valence-corrected chi connectivity index (χ1v) is 10.2. The molecule has 152 valence electrons. The van der Waals surface area contributed by atoms with Gasteiger partial charge in [-0.05, 0) is 37.8 Å². The van der Waals surface area contributed by atoms with Gasteiger partial charge in [-0.25, -0.2) is 0 Å². The number of nitrogens with zero attached hydrogens (tertiary/aromatic N) is 5. The summed E-state index contributed by atoms with van der Waals surface area (Å²) in [7, 11) is 0. The highest BCUT2D eigenvalue weighted by molar-refractivity contribution is 5.86. The molecular weight excluding hydrogens is 380 g/mol. The molecule has 0 spiro atoms. The average molecular weight is 402 g/mol. The minimum absolute atomic E-state index is 0.0125. The van der Waals surface area contributed by atoms with Gasteiger partial charge in [0.05, 0.1) is 30.6 Å². The number of hydrogen-bond donors (Lipinski definition) is 1. The largest absolute Gasteiger partial charge is 0.356 e. The fraction of sp³-hybridized carbons (Fsp3) is 0.318. The Labute approximate surface area is 173 Å². The fourth-order valence-corrected chi connectivity index (χ4v) is 4.10. The van der Waals surface area contributed by atoms with E-state index in [2.05, 4.69) is 25.5 Å². The summed E-state index contributed by atoms with van der Waals surface area (Å²) in [6.45, 7) is 0. The van der Waals surface area contributed by atoms with Gasteiger partial charge in [-0.15, -0.1) is 0 Å². The maximum atomic E-state index is 12.5. The third-order valence-electron chi connectivity index (χ3n) is 5.68. The van der Waals surface area contributed by atoms with E-state index in [1.54, 1.807) is 18.6 Å². The Balaban J connectivity index is 1.15. The smallest absolute Gasteiger partial charge is 0.226 e. The molecule has 1 saturated carbocycles. The van der Waals surface area contributed by atoms with Gasteiger partial charge in [-0.1, -0.05) is 17.3 Å². The number of aromatic nitrogens is 5. The van der Waals surface area contributed by atoms with Gasteiger partial charge in [-0.3, -0.25) is 19.4 Å². The Bertz CT molecular complexity index is 1140. The fourth-order valence-electron chi connectivity index (χ4n) is 4.10. The van der Waals surface area contributed by atoms with Crippen molar-refractivity contribution < 1.29 is 9.32 Å². The normalized spacial score (nSPS) is 19.1. The van der Waals surface area contributed by atoms with Crippen molar-refractivity contribution in [2.24, 2.45) is 0 Å². The number of hydrogen-bond acceptors (Lipinski definition) is 6. The van der Waals surface area contributed by atoms with Crippen molar-refractivity contribution >= 4 is 16.9 Å². The Morgan fingerprint density at radius 1 is 1.13 bits per heavy atom. The van der Waals surface area contributed by atoms with E-state index >= 15 is 0 Å². The van der Waals surface area contributed by atoms with Gasteiger partial charge in [0.1, 0.15) is 5.69 Å². The maximum Gasteiger partial charge on any atom is 0.226 e. The van der Waals surface area contributed by atoms with Crippen LogP contribution in [0.5, 0.6) is 0 Å². The molecule has 1 fully saturated rings. The highest BCUT2D eigenvalue weighted by atomic mass is 16.5. The summed E-state index contributed by atoms with van der Waals surface area (Å²) in [5.74, 6) is -0.0125. The third kappa shape index (κ3) is 3.80. The molecule has 3 heterocycles. The topological polar surface area (TPSA) is 98.7 Å². The second kappa shape index (κ2) is 8.06. The average Bonchev–Trinajstić information content (AvgIpc) is 3.43. The molecule has 1 amide bonds. The van der Waals surface area contributed by atoms with E-state index in [1.807, 2.05) is 41.3 Å². The number of para-hydroxylation sites is 1. The molecule has 4 aromatic rings. The number of carbonyl (C=O) groups is 1. The summed E-state index contributed by atoms with van der Waals surface area (Å²) in [6, 6.07) is 8.12. The SMILES string of the molecule is O=C(Cc1noc2ccccc12)NC1CCC(n2cc(-c3cnccn3)cn2)CC1. The van der Waals surface area contributed by atoms with Gasteiger partial charge in [-0.2, -0.15) is 5.10 Å². The van der Waals surface area contributed by atoms with Crippen molar-refractivity contribution in [2.75, 3.05) is 0 Å². The molecule has 0 aliphatic heterocycles. The summed E-state index contributed by atoms with van der Waals surface area (Å²) in [4.78, 5) is 21.0. The molecule has 0 bridgehead atoms. The third-order valence-corrected chi connectivity index (χ3v) is 5.68. The van der Waals surface area contributed by atoms with Gasteiger partial charge in [0.2, 0.25) is 5.91 Å². The summed E-state index contributed by atoms with van der Waals surface area (Å²) < 4.78 is 7.31. The van der Waals surface area contributed by atoms with Crippen LogP contribution in [0, 0.1) is 0 Å². The van der Waals surface area contributed by atoms with Crippen molar-refractivity contribution in [3.8, 4) is 11.3 Å². The van der Waals surface area contributed by atoms with Crippen LogP contribution >= 0.6 is 0 Å². The van der Waals surface area contributed by atoms with Crippen LogP contribution in [0.3, 0.4) is 0 Å². The molecule has 8 nitrogen and oxygen atoms in total. The standard InChI is InChI=1S/C22H22N6O2/c29-22(11-19-18-3-1-2-4-21(18)30-27-19)26-16-5-7-17(8-6-16)28-14-15(12-25-28)20-13-23-9-10-24-20/h1-4,9-10,12-14,16-17H,5-8,11H2,(H,26,29). The Morgan fingerprint density at radius 3 is 2.83 bits per heavy atom. The second-order valence-electron chi connectivity index (χ2n) is 7.67. The van der Waals surface area contributed by atoms with Crippen LogP contribution in [0.1, 0.15) is 37.4 Å². The predicted molar refractivity (Wildman–Crippen MR) is 110 cm³/mol. The molecule has 30 heavy (non-hydrogen) atoms. The molecular formula is C22H22N6O2. The number of benzene rings is 1. The van der Waals surface area contributed by atoms with E-state index < -0.39 is 0 Å². The van der Waals surface area contributed by atoms with Gasteiger partial charge < -0.3 is 9.84 Å². The van der Waals surface area contributed by atoms with E-state index in [4.69, 9.17) is 4.52 Å². The molecule has 1 aromatic carbocycles. The van der Waals surface area contributed by atoms with Crippen LogP contribution in [-0.4, -0.2) is 36.9 Å². The summed E-state index contributed by atoms with van der Waals surface area (Å²) in [6.07, 6.45) is 13.0. The summed E-state index contributed by atoms with van der Waals surface area (Å²) in [5, 5.41) is 12.6. The number of rotatable bonds is 5. The van der Waals surface area contributed by atoms with Crippen molar-refractivity contribution in [3.05, 3.63) is 60.9 Å². The Morgan fingerprint density at radius 2 is 2.00 bits per heavy atom. The monoisotopic (exact) mass is 402 g/mol.